The third-order valence-electron chi connectivity index (χ3n) is 8.19. The minimum absolute atomic E-state index is 0.00328. The Kier molecular flexibility index (Phi) is 6.48. The summed E-state index contributed by atoms with van der Waals surface area (Å²) in [6.45, 7) is 4.95. The molecule has 1 aromatic rings. The molecule has 0 bridgehead atoms. The van der Waals surface area contributed by atoms with Crippen LogP contribution in [0.2, 0.25) is 0 Å². The van der Waals surface area contributed by atoms with Gasteiger partial charge in [0.15, 0.2) is 0 Å². The summed E-state index contributed by atoms with van der Waals surface area (Å²) >= 11 is 0. The van der Waals surface area contributed by atoms with Gasteiger partial charge in [0.05, 0.1) is 10.8 Å². The average Bonchev–Trinajstić information content (AvgIpc) is 3.62. The van der Waals surface area contributed by atoms with Gasteiger partial charge in [0.25, 0.3) is 0 Å². The van der Waals surface area contributed by atoms with Crippen LogP contribution in [-0.2, 0) is 26.0 Å². The van der Waals surface area contributed by atoms with Gasteiger partial charge in [0, 0.05) is 36.8 Å². The largest absolute Gasteiger partial charge is 0.353 e. The van der Waals surface area contributed by atoms with Gasteiger partial charge in [-0.05, 0) is 94.4 Å². The highest BCUT2D eigenvalue weighted by molar-refractivity contribution is 7.89. The quantitative estimate of drug-likeness (QED) is 0.689. The van der Waals surface area contributed by atoms with Crippen LogP contribution in [0.4, 0.5) is 5.69 Å². The van der Waals surface area contributed by atoms with Crippen LogP contribution in [0.3, 0.4) is 0 Å². The summed E-state index contributed by atoms with van der Waals surface area (Å²) in [6, 6.07) is 5.44. The summed E-state index contributed by atoms with van der Waals surface area (Å²) in [6.07, 6.45) is 8.27. The number of rotatable bonds is 5. The van der Waals surface area contributed by atoms with Crippen LogP contribution >= 0.6 is 0 Å². The van der Waals surface area contributed by atoms with Crippen molar-refractivity contribution in [2.45, 2.75) is 88.6 Å². The highest BCUT2D eigenvalue weighted by Gasteiger charge is 2.40. The normalized spacial score (nSPS) is 30.1. The third-order valence-corrected chi connectivity index (χ3v) is 10.0. The number of sulfonamides is 1. The first-order valence-corrected chi connectivity index (χ1v) is 14.4. The van der Waals surface area contributed by atoms with Gasteiger partial charge in [-0.3, -0.25) is 9.59 Å². The van der Waals surface area contributed by atoms with Crippen molar-refractivity contribution in [3.63, 3.8) is 0 Å². The summed E-state index contributed by atoms with van der Waals surface area (Å²) in [5.41, 5.74) is 1.77. The SMILES string of the molecule is CC1CCC(NC(=O)C2CCCN(S(=O)(=O)c3ccc4c(c3)CC(C)N4C(=O)C3CC3)C2)CC1. The van der Waals surface area contributed by atoms with Gasteiger partial charge in [-0.2, -0.15) is 4.31 Å². The molecule has 2 saturated carbocycles. The van der Waals surface area contributed by atoms with Crippen molar-refractivity contribution in [1.29, 1.82) is 0 Å². The molecule has 0 spiro atoms. The minimum Gasteiger partial charge on any atom is -0.353 e. The highest BCUT2D eigenvalue weighted by atomic mass is 32.2. The predicted octanol–water partition coefficient (Wildman–Crippen LogP) is 3.47. The van der Waals surface area contributed by atoms with Crippen molar-refractivity contribution in [2.24, 2.45) is 17.8 Å². The van der Waals surface area contributed by atoms with Crippen LogP contribution in [0, 0.1) is 17.8 Å². The Balaban J connectivity index is 1.27. The molecule has 8 heteroatoms. The first kappa shape index (κ1) is 23.8. The molecule has 7 nitrogen and oxygen atoms in total. The Labute approximate surface area is 203 Å². The number of hydrogen-bond acceptors (Lipinski definition) is 4. The Hall–Kier alpha value is -1.93. The molecule has 2 heterocycles. The molecule has 2 amide bonds. The van der Waals surface area contributed by atoms with E-state index in [0.29, 0.717) is 19.4 Å². The van der Waals surface area contributed by atoms with E-state index < -0.39 is 10.0 Å². The first-order valence-electron chi connectivity index (χ1n) is 13.0. The van der Waals surface area contributed by atoms with Gasteiger partial charge in [0.1, 0.15) is 0 Å². The number of nitrogens with zero attached hydrogens (tertiary/aromatic N) is 2. The monoisotopic (exact) mass is 487 g/mol. The zero-order valence-corrected chi connectivity index (χ0v) is 21.1. The molecule has 34 heavy (non-hydrogen) atoms. The van der Waals surface area contributed by atoms with Crippen LogP contribution in [-0.4, -0.2) is 49.7 Å². The zero-order valence-electron chi connectivity index (χ0n) is 20.3. The predicted molar refractivity (Wildman–Crippen MR) is 131 cm³/mol. The lowest BCUT2D eigenvalue weighted by Gasteiger charge is -2.33. The maximum absolute atomic E-state index is 13.5. The molecule has 5 rings (SSSR count). The van der Waals surface area contributed by atoms with E-state index in [2.05, 4.69) is 12.2 Å². The molecule has 4 aliphatic rings. The van der Waals surface area contributed by atoms with E-state index in [9.17, 15) is 18.0 Å². The molecule has 2 unspecified atom stereocenters. The van der Waals surface area contributed by atoms with Crippen LogP contribution in [0.25, 0.3) is 0 Å². The summed E-state index contributed by atoms with van der Waals surface area (Å²) < 4.78 is 28.5. The summed E-state index contributed by atoms with van der Waals surface area (Å²) in [5.74, 6) is 0.711. The van der Waals surface area contributed by atoms with E-state index in [1.54, 1.807) is 18.2 Å². The third kappa shape index (κ3) is 4.63. The topological polar surface area (TPSA) is 86.8 Å². The maximum Gasteiger partial charge on any atom is 0.243 e. The molecular formula is C26H37N3O4S. The van der Waals surface area contributed by atoms with Crippen molar-refractivity contribution in [2.75, 3.05) is 18.0 Å². The second-order valence-corrected chi connectivity index (χ2v) is 12.9. The van der Waals surface area contributed by atoms with Gasteiger partial charge in [-0.15, -0.1) is 0 Å². The fourth-order valence-corrected chi connectivity index (χ4v) is 7.45. The summed E-state index contributed by atoms with van der Waals surface area (Å²) in [7, 11) is -3.70. The molecule has 0 aromatic heterocycles. The lowest BCUT2D eigenvalue weighted by Crippen LogP contribution is -2.48. The smallest absolute Gasteiger partial charge is 0.243 e. The van der Waals surface area contributed by atoms with Crippen molar-refractivity contribution in [1.82, 2.24) is 9.62 Å². The molecule has 1 saturated heterocycles. The Bertz CT molecular complexity index is 1060. The lowest BCUT2D eigenvalue weighted by molar-refractivity contribution is -0.127. The molecule has 186 valence electrons. The zero-order chi connectivity index (χ0) is 24.0. The van der Waals surface area contributed by atoms with E-state index in [-0.39, 0.29) is 47.2 Å². The lowest BCUT2D eigenvalue weighted by atomic mass is 9.87. The number of piperidine rings is 1. The molecule has 3 fully saturated rings. The van der Waals surface area contributed by atoms with Crippen LogP contribution in [0.15, 0.2) is 23.1 Å². The van der Waals surface area contributed by atoms with E-state index >= 15 is 0 Å². The molecule has 2 aliphatic carbocycles. The van der Waals surface area contributed by atoms with Gasteiger partial charge < -0.3 is 10.2 Å². The number of nitrogens with one attached hydrogen (secondary N) is 1. The average molecular weight is 488 g/mol. The van der Waals surface area contributed by atoms with E-state index in [1.165, 1.54) is 4.31 Å². The molecule has 1 N–H and O–H groups in total. The summed E-state index contributed by atoms with van der Waals surface area (Å²) in [4.78, 5) is 27.8. The van der Waals surface area contributed by atoms with Crippen molar-refractivity contribution < 1.29 is 18.0 Å². The molecule has 2 aliphatic heterocycles. The van der Waals surface area contributed by atoms with Crippen LogP contribution in [0.1, 0.15) is 70.8 Å². The Morgan fingerprint density at radius 2 is 1.71 bits per heavy atom. The van der Waals surface area contributed by atoms with Crippen LogP contribution in [0.5, 0.6) is 0 Å². The Morgan fingerprint density at radius 1 is 0.971 bits per heavy atom. The maximum atomic E-state index is 13.5. The molecule has 2 atom stereocenters. The van der Waals surface area contributed by atoms with Gasteiger partial charge in [0.2, 0.25) is 21.8 Å². The number of benzene rings is 1. The van der Waals surface area contributed by atoms with Gasteiger partial charge in [-0.1, -0.05) is 6.92 Å². The molecule has 1 aromatic carbocycles. The van der Waals surface area contributed by atoms with Crippen LogP contribution < -0.4 is 10.2 Å². The minimum atomic E-state index is -3.70. The first-order chi connectivity index (χ1) is 16.2. The number of hydrogen-bond donors (Lipinski definition) is 1. The number of fused-ring (bicyclic) bond motifs is 1. The van der Waals surface area contributed by atoms with E-state index in [0.717, 1.165) is 62.1 Å². The Morgan fingerprint density at radius 3 is 2.41 bits per heavy atom. The second-order valence-electron chi connectivity index (χ2n) is 11.0. The van der Waals surface area contributed by atoms with Gasteiger partial charge in [-0.25, -0.2) is 8.42 Å². The van der Waals surface area contributed by atoms with Crippen molar-refractivity contribution in [3.8, 4) is 0 Å². The van der Waals surface area contributed by atoms with E-state index in [4.69, 9.17) is 0 Å². The van der Waals surface area contributed by atoms with Crippen molar-refractivity contribution >= 4 is 27.5 Å². The van der Waals surface area contributed by atoms with Gasteiger partial charge >= 0.3 is 0 Å². The highest BCUT2D eigenvalue weighted by Crippen LogP contribution is 2.40. The molecular weight excluding hydrogens is 450 g/mol. The van der Waals surface area contributed by atoms with E-state index in [1.807, 2.05) is 11.8 Å². The second kappa shape index (κ2) is 9.26. The number of carbonyl (C=O) groups is 2. The van der Waals surface area contributed by atoms with Crippen molar-refractivity contribution in [3.05, 3.63) is 23.8 Å². The fourth-order valence-electron chi connectivity index (χ4n) is 5.88. The number of amides is 2. The standard InChI is InChI=1S/C26H37N3O4S/c1-17-5-9-22(10-6-17)27-25(30)20-4-3-13-28(16-20)34(32,33)23-11-12-24-21(15-23)14-18(2)29(24)26(31)19-7-8-19/h11-12,15,17-20,22H,3-10,13-14,16H2,1-2H3,(H,27,30). The number of carbonyl (C=O) groups excluding carboxylic acids is 2. The summed E-state index contributed by atoms with van der Waals surface area (Å²) in [5, 5.41) is 3.19. The number of anilines is 1. The molecule has 0 radical (unpaired) electrons. The fraction of sp³-hybridized carbons (Fsp3) is 0.692.